The fourth-order valence-corrected chi connectivity index (χ4v) is 2.02. The fraction of sp³-hybridized carbons (Fsp3) is 0.308. The van der Waals surface area contributed by atoms with Gasteiger partial charge in [0, 0.05) is 39.2 Å². The average molecular weight is 333 g/mol. The standard InChI is InChI=1S/C13H19N9O2/c1-21-7(5-10(16)19-21)13(24)18-11-6-8(22(2)20-11)12(23)17-4-3-9(14)15/h5-6H,3-4H2,1-2H3,(H3,14,15)(H2,16,19)(H,17,23)(H,18,20,24). The van der Waals surface area contributed by atoms with Crippen molar-refractivity contribution in [3.63, 3.8) is 0 Å². The third-order valence-corrected chi connectivity index (χ3v) is 3.17. The zero-order valence-electron chi connectivity index (χ0n) is 13.3. The predicted octanol–water partition coefficient (Wildman–Crippen LogP) is -0.956. The van der Waals surface area contributed by atoms with E-state index < -0.39 is 5.91 Å². The van der Waals surface area contributed by atoms with E-state index in [1.165, 1.54) is 21.5 Å². The summed E-state index contributed by atoms with van der Waals surface area (Å²) in [5.74, 6) is -0.378. The van der Waals surface area contributed by atoms with Crippen molar-refractivity contribution >= 4 is 29.3 Å². The molecule has 0 unspecified atom stereocenters. The molecular formula is C13H19N9O2. The lowest BCUT2D eigenvalue weighted by atomic mass is 10.3. The second kappa shape index (κ2) is 6.81. The van der Waals surface area contributed by atoms with E-state index in [1.807, 2.05) is 0 Å². The van der Waals surface area contributed by atoms with Crippen molar-refractivity contribution in [3.05, 3.63) is 23.5 Å². The second-order valence-corrected chi connectivity index (χ2v) is 5.10. The summed E-state index contributed by atoms with van der Waals surface area (Å²) in [6.45, 7) is 0.245. The van der Waals surface area contributed by atoms with Gasteiger partial charge in [-0.25, -0.2) is 0 Å². The van der Waals surface area contributed by atoms with Gasteiger partial charge in [-0.2, -0.15) is 10.2 Å². The number of hydrogen-bond donors (Lipinski definition) is 5. The number of nitrogens with two attached hydrogens (primary N) is 2. The summed E-state index contributed by atoms with van der Waals surface area (Å²) in [7, 11) is 3.18. The van der Waals surface area contributed by atoms with Crippen molar-refractivity contribution in [2.45, 2.75) is 6.42 Å². The molecule has 2 heterocycles. The van der Waals surface area contributed by atoms with Crippen LogP contribution in [-0.4, -0.2) is 43.8 Å². The Bertz CT molecular complexity index is 789. The highest BCUT2D eigenvalue weighted by molar-refractivity contribution is 6.03. The van der Waals surface area contributed by atoms with E-state index in [9.17, 15) is 9.59 Å². The van der Waals surface area contributed by atoms with E-state index in [2.05, 4.69) is 20.8 Å². The van der Waals surface area contributed by atoms with Crippen LogP contribution >= 0.6 is 0 Å². The molecule has 0 spiro atoms. The van der Waals surface area contributed by atoms with Crippen LogP contribution in [0.1, 0.15) is 27.4 Å². The van der Waals surface area contributed by atoms with E-state index in [4.69, 9.17) is 16.9 Å². The smallest absolute Gasteiger partial charge is 0.275 e. The molecule has 2 aromatic heterocycles. The van der Waals surface area contributed by atoms with Gasteiger partial charge in [0.2, 0.25) is 0 Å². The van der Waals surface area contributed by atoms with Gasteiger partial charge in [0.1, 0.15) is 17.2 Å². The summed E-state index contributed by atoms with van der Waals surface area (Å²) in [5.41, 5.74) is 11.3. The Labute approximate surface area is 137 Å². The van der Waals surface area contributed by atoms with Crippen molar-refractivity contribution in [1.29, 1.82) is 5.41 Å². The Morgan fingerprint density at radius 2 is 1.79 bits per heavy atom. The topological polar surface area (TPSA) is 170 Å². The highest BCUT2D eigenvalue weighted by Crippen LogP contribution is 2.11. The van der Waals surface area contributed by atoms with E-state index >= 15 is 0 Å². The molecule has 0 radical (unpaired) electrons. The lowest BCUT2D eigenvalue weighted by Crippen LogP contribution is -2.29. The fourth-order valence-electron chi connectivity index (χ4n) is 2.02. The summed E-state index contributed by atoms with van der Waals surface area (Å²) in [6, 6.07) is 2.88. The van der Waals surface area contributed by atoms with Crippen molar-refractivity contribution in [3.8, 4) is 0 Å². The van der Waals surface area contributed by atoms with Crippen LogP contribution in [0.4, 0.5) is 11.6 Å². The minimum Gasteiger partial charge on any atom is -0.388 e. The minimum atomic E-state index is -0.441. The quantitative estimate of drug-likeness (QED) is 0.337. The molecule has 7 N–H and O–H groups in total. The molecule has 0 aliphatic rings. The Kier molecular flexibility index (Phi) is 4.82. The number of rotatable bonds is 6. The molecule has 0 saturated carbocycles. The van der Waals surface area contributed by atoms with Crippen molar-refractivity contribution < 1.29 is 9.59 Å². The number of aryl methyl sites for hydroxylation is 2. The Hall–Kier alpha value is -3.37. The van der Waals surface area contributed by atoms with Gasteiger partial charge in [-0.3, -0.25) is 24.4 Å². The van der Waals surface area contributed by atoms with Gasteiger partial charge in [-0.1, -0.05) is 0 Å². The van der Waals surface area contributed by atoms with Gasteiger partial charge in [0.15, 0.2) is 5.82 Å². The molecule has 128 valence electrons. The van der Waals surface area contributed by atoms with Crippen molar-refractivity contribution in [1.82, 2.24) is 24.9 Å². The molecule has 11 heteroatoms. The second-order valence-electron chi connectivity index (χ2n) is 5.10. The number of carbonyl (C=O) groups excluding carboxylic acids is 2. The van der Waals surface area contributed by atoms with E-state index in [1.54, 1.807) is 14.1 Å². The third kappa shape index (κ3) is 3.88. The van der Waals surface area contributed by atoms with Gasteiger partial charge >= 0.3 is 0 Å². The monoisotopic (exact) mass is 333 g/mol. The lowest BCUT2D eigenvalue weighted by Gasteiger charge is -2.03. The van der Waals surface area contributed by atoms with Crippen LogP contribution in [0.5, 0.6) is 0 Å². The molecule has 0 saturated heterocycles. The van der Waals surface area contributed by atoms with Crippen LogP contribution in [0.25, 0.3) is 0 Å². The number of nitrogen functional groups attached to an aromatic ring is 1. The van der Waals surface area contributed by atoms with Crippen LogP contribution < -0.4 is 22.1 Å². The van der Waals surface area contributed by atoms with Crippen LogP contribution in [0.2, 0.25) is 0 Å². The van der Waals surface area contributed by atoms with Gasteiger partial charge in [-0.05, 0) is 0 Å². The van der Waals surface area contributed by atoms with Gasteiger partial charge in [0.25, 0.3) is 11.8 Å². The van der Waals surface area contributed by atoms with Crippen LogP contribution in [0, 0.1) is 5.41 Å². The molecular weight excluding hydrogens is 314 g/mol. The van der Waals surface area contributed by atoms with E-state index in [0.29, 0.717) is 0 Å². The molecule has 2 amide bonds. The highest BCUT2D eigenvalue weighted by atomic mass is 16.2. The minimum absolute atomic E-state index is 0.0105. The zero-order valence-corrected chi connectivity index (χ0v) is 13.3. The molecule has 0 fully saturated rings. The molecule has 0 aliphatic carbocycles. The van der Waals surface area contributed by atoms with E-state index in [0.717, 1.165) is 0 Å². The molecule has 2 aromatic rings. The Morgan fingerprint density at radius 3 is 2.38 bits per heavy atom. The lowest BCUT2D eigenvalue weighted by molar-refractivity contribution is 0.0944. The summed E-state index contributed by atoms with van der Waals surface area (Å²) < 4.78 is 2.69. The number of amidine groups is 1. The summed E-state index contributed by atoms with van der Waals surface area (Å²) in [4.78, 5) is 24.2. The first kappa shape index (κ1) is 17.0. The number of anilines is 2. The van der Waals surface area contributed by atoms with E-state index in [-0.39, 0.29) is 47.7 Å². The predicted molar refractivity (Wildman–Crippen MR) is 87.6 cm³/mol. The third-order valence-electron chi connectivity index (χ3n) is 3.17. The maximum Gasteiger partial charge on any atom is 0.275 e. The first-order valence-electron chi connectivity index (χ1n) is 7.04. The molecule has 0 aliphatic heterocycles. The summed E-state index contributed by atoms with van der Waals surface area (Å²) >= 11 is 0. The Morgan fingerprint density at radius 1 is 1.17 bits per heavy atom. The first-order chi connectivity index (χ1) is 11.3. The maximum atomic E-state index is 12.2. The first-order valence-corrected chi connectivity index (χ1v) is 7.04. The maximum absolute atomic E-state index is 12.2. The highest BCUT2D eigenvalue weighted by Gasteiger charge is 2.17. The van der Waals surface area contributed by atoms with Gasteiger partial charge < -0.3 is 22.1 Å². The molecule has 24 heavy (non-hydrogen) atoms. The molecule has 0 bridgehead atoms. The van der Waals surface area contributed by atoms with Crippen molar-refractivity contribution in [2.24, 2.45) is 19.8 Å². The van der Waals surface area contributed by atoms with Crippen LogP contribution in [0.3, 0.4) is 0 Å². The summed E-state index contributed by atoms with van der Waals surface area (Å²) in [6.07, 6.45) is 0.259. The van der Waals surface area contributed by atoms with Crippen LogP contribution in [-0.2, 0) is 14.1 Å². The van der Waals surface area contributed by atoms with Crippen molar-refractivity contribution in [2.75, 3.05) is 17.6 Å². The largest absolute Gasteiger partial charge is 0.388 e. The normalized spacial score (nSPS) is 10.4. The molecule has 2 rings (SSSR count). The Balaban J connectivity index is 2.05. The number of nitrogens with zero attached hydrogens (tertiary/aromatic N) is 4. The molecule has 0 aromatic carbocycles. The van der Waals surface area contributed by atoms with Gasteiger partial charge in [0.05, 0.1) is 5.84 Å². The molecule has 11 nitrogen and oxygen atoms in total. The zero-order chi connectivity index (χ0) is 17.9. The SMILES string of the molecule is Cn1nc(NC(=O)c2cc(N)nn2C)cc1C(=O)NCCC(=N)N. The average Bonchev–Trinajstić information content (AvgIpc) is 3.00. The number of carbonyl (C=O) groups is 2. The molecule has 0 atom stereocenters. The number of nitrogens with one attached hydrogen (secondary N) is 3. The number of aromatic nitrogens is 4. The summed E-state index contributed by atoms with van der Waals surface area (Å²) in [5, 5.41) is 20.3. The van der Waals surface area contributed by atoms with Crippen LogP contribution in [0.15, 0.2) is 12.1 Å². The number of amides is 2. The number of hydrogen-bond acceptors (Lipinski definition) is 6. The van der Waals surface area contributed by atoms with Gasteiger partial charge in [-0.15, -0.1) is 0 Å².